The van der Waals surface area contributed by atoms with Crippen LogP contribution in [-0.2, 0) is 14.3 Å². The molecular formula is C20H22Br2N2O4. The number of ether oxygens (including phenoxy) is 2. The van der Waals surface area contributed by atoms with E-state index in [9.17, 15) is 9.59 Å². The Hall–Kier alpha value is -1.93. The molecule has 0 fully saturated rings. The first-order valence-electron chi connectivity index (χ1n) is 8.87. The van der Waals surface area contributed by atoms with Crippen LogP contribution < -0.4 is 10.2 Å². The summed E-state index contributed by atoms with van der Waals surface area (Å²) in [6.45, 7) is 5.40. The van der Waals surface area contributed by atoms with Crippen molar-refractivity contribution in [1.82, 2.24) is 5.43 Å². The van der Waals surface area contributed by atoms with Gasteiger partial charge < -0.3 is 9.47 Å². The SMILES string of the molecule is CCOC(=O)C(CC)C(C)=NNC(=O)COc1ccc2cc(Br)ccc2c1Br. The van der Waals surface area contributed by atoms with Crippen LogP contribution >= 0.6 is 31.9 Å². The van der Waals surface area contributed by atoms with E-state index >= 15 is 0 Å². The fraction of sp³-hybridized carbons (Fsp3) is 0.350. The predicted molar refractivity (Wildman–Crippen MR) is 117 cm³/mol. The summed E-state index contributed by atoms with van der Waals surface area (Å²) in [4.78, 5) is 24.0. The molecule has 0 aliphatic carbocycles. The molecule has 1 atom stereocenters. The quantitative estimate of drug-likeness (QED) is 0.311. The van der Waals surface area contributed by atoms with Gasteiger partial charge in [0.1, 0.15) is 5.75 Å². The molecule has 28 heavy (non-hydrogen) atoms. The first kappa shape index (κ1) is 22.4. The zero-order chi connectivity index (χ0) is 20.7. The summed E-state index contributed by atoms with van der Waals surface area (Å²) in [5, 5.41) is 6.04. The molecule has 0 aromatic heterocycles. The van der Waals surface area contributed by atoms with Crippen LogP contribution in [0.5, 0.6) is 5.75 Å². The number of carbonyl (C=O) groups is 2. The lowest BCUT2D eigenvalue weighted by molar-refractivity contribution is -0.145. The average molecular weight is 514 g/mol. The zero-order valence-corrected chi connectivity index (χ0v) is 19.1. The monoisotopic (exact) mass is 512 g/mol. The van der Waals surface area contributed by atoms with E-state index in [0.29, 0.717) is 24.5 Å². The van der Waals surface area contributed by atoms with E-state index in [-0.39, 0.29) is 12.6 Å². The number of hydrazone groups is 1. The number of hydrogen-bond donors (Lipinski definition) is 1. The fourth-order valence-electron chi connectivity index (χ4n) is 2.63. The Kier molecular flexibility index (Phi) is 8.44. The van der Waals surface area contributed by atoms with Gasteiger partial charge in [-0.25, -0.2) is 5.43 Å². The molecule has 2 aromatic carbocycles. The Bertz CT molecular complexity index is 899. The van der Waals surface area contributed by atoms with Gasteiger partial charge in [-0.05, 0) is 65.2 Å². The molecule has 150 valence electrons. The van der Waals surface area contributed by atoms with Gasteiger partial charge in [-0.2, -0.15) is 5.10 Å². The number of halogens is 2. The lowest BCUT2D eigenvalue weighted by atomic mass is 10.0. The van der Waals surface area contributed by atoms with Gasteiger partial charge in [-0.15, -0.1) is 0 Å². The minimum atomic E-state index is -0.477. The Morgan fingerprint density at radius 1 is 1.18 bits per heavy atom. The maximum Gasteiger partial charge on any atom is 0.314 e. The smallest absolute Gasteiger partial charge is 0.314 e. The molecule has 0 aliphatic rings. The fourth-order valence-corrected chi connectivity index (χ4v) is 3.62. The summed E-state index contributed by atoms with van der Waals surface area (Å²) >= 11 is 6.97. The second-order valence-corrected chi connectivity index (χ2v) is 7.74. The molecular weight excluding hydrogens is 492 g/mol. The first-order valence-corrected chi connectivity index (χ1v) is 10.5. The first-order chi connectivity index (χ1) is 13.4. The highest BCUT2D eigenvalue weighted by molar-refractivity contribution is 9.11. The molecule has 2 aromatic rings. The van der Waals surface area contributed by atoms with Gasteiger partial charge in [0.25, 0.3) is 5.91 Å². The third-order valence-electron chi connectivity index (χ3n) is 4.08. The van der Waals surface area contributed by atoms with Crippen LogP contribution in [0.4, 0.5) is 0 Å². The van der Waals surface area contributed by atoms with Crippen molar-refractivity contribution in [3.05, 3.63) is 39.3 Å². The van der Waals surface area contributed by atoms with Gasteiger partial charge in [0.15, 0.2) is 6.61 Å². The van der Waals surface area contributed by atoms with E-state index in [2.05, 4.69) is 42.4 Å². The lowest BCUT2D eigenvalue weighted by Gasteiger charge is -2.13. The van der Waals surface area contributed by atoms with Crippen LogP contribution in [0.1, 0.15) is 27.2 Å². The van der Waals surface area contributed by atoms with Gasteiger partial charge in [0, 0.05) is 10.2 Å². The van der Waals surface area contributed by atoms with Gasteiger partial charge in [0.05, 0.1) is 17.0 Å². The number of amides is 1. The summed E-state index contributed by atoms with van der Waals surface area (Å²) < 4.78 is 12.4. The highest BCUT2D eigenvalue weighted by Crippen LogP contribution is 2.34. The molecule has 6 nitrogen and oxygen atoms in total. The maximum atomic E-state index is 12.1. The van der Waals surface area contributed by atoms with E-state index in [1.165, 1.54) is 0 Å². The number of nitrogens with zero attached hydrogens (tertiary/aromatic N) is 1. The van der Waals surface area contributed by atoms with Gasteiger partial charge >= 0.3 is 5.97 Å². The van der Waals surface area contributed by atoms with Crippen molar-refractivity contribution in [2.24, 2.45) is 11.0 Å². The van der Waals surface area contributed by atoms with Crippen LogP contribution in [0.3, 0.4) is 0 Å². The van der Waals surface area contributed by atoms with Crippen LogP contribution in [0.25, 0.3) is 10.8 Å². The molecule has 8 heteroatoms. The van der Waals surface area contributed by atoms with Crippen LogP contribution in [0, 0.1) is 5.92 Å². The Morgan fingerprint density at radius 3 is 2.61 bits per heavy atom. The molecule has 2 rings (SSSR count). The molecule has 0 bridgehead atoms. The van der Waals surface area contributed by atoms with Crippen LogP contribution in [0.15, 0.2) is 44.4 Å². The van der Waals surface area contributed by atoms with Crippen molar-refractivity contribution in [3.8, 4) is 5.75 Å². The third-order valence-corrected chi connectivity index (χ3v) is 5.39. The summed E-state index contributed by atoms with van der Waals surface area (Å²) in [6.07, 6.45) is 0.542. The third kappa shape index (κ3) is 5.78. The van der Waals surface area contributed by atoms with E-state index in [0.717, 1.165) is 19.7 Å². The van der Waals surface area contributed by atoms with Crippen LogP contribution in [0.2, 0.25) is 0 Å². The van der Waals surface area contributed by atoms with Crippen molar-refractivity contribution < 1.29 is 19.1 Å². The predicted octanol–water partition coefficient (Wildman–Crippen LogP) is 4.83. The number of hydrogen-bond acceptors (Lipinski definition) is 5. The van der Waals surface area contributed by atoms with E-state index in [1.807, 2.05) is 31.2 Å². The molecule has 0 saturated carbocycles. The molecule has 0 spiro atoms. The maximum absolute atomic E-state index is 12.1. The number of benzene rings is 2. The number of nitrogens with one attached hydrogen (secondary N) is 1. The summed E-state index contributed by atoms with van der Waals surface area (Å²) in [6, 6.07) is 9.63. The standard InChI is InChI=1S/C20H22Br2N2O4/c1-4-15(20(26)27-5-2)12(3)23-24-18(25)11-28-17-9-6-13-10-14(21)7-8-16(13)19(17)22/h6-10,15H,4-5,11H2,1-3H3,(H,24,25). The second kappa shape index (κ2) is 10.6. The molecule has 0 heterocycles. The van der Waals surface area contributed by atoms with Crippen LogP contribution in [-0.4, -0.2) is 30.8 Å². The van der Waals surface area contributed by atoms with Gasteiger partial charge in [0.2, 0.25) is 0 Å². The van der Waals surface area contributed by atoms with Crippen molar-refractivity contribution in [2.75, 3.05) is 13.2 Å². The van der Waals surface area contributed by atoms with E-state index < -0.39 is 11.8 Å². The minimum Gasteiger partial charge on any atom is -0.483 e. The van der Waals surface area contributed by atoms with E-state index in [4.69, 9.17) is 9.47 Å². The van der Waals surface area contributed by atoms with Gasteiger partial charge in [-0.3, -0.25) is 9.59 Å². The highest BCUT2D eigenvalue weighted by Gasteiger charge is 2.21. The lowest BCUT2D eigenvalue weighted by Crippen LogP contribution is -2.29. The topological polar surface area (TPSA) is 77.0 Å². The number of fused-ring (bicyclic) bond motifs is 1. The van der Waals surface area contributed by atoms with Crippen molar-refractivity contribution in [1.29, 1.82) is 0 Å². The summed E-state index contributed by atoms with van der Waals surface area (Å²) in [5.41, 5.74) is 2.92. The van der Waals surface area contributed by atoms with Gasteiger partial charge in [-0.1, -0.05) is 35.0 Å². The molecule has 1 amide bonds. The Labute approximate surface area is 180 Å². The zero-order valence-electron chi connectivity index (χ0n) is 15.9. The molecule has 0 saturated heterocycles. The Morgan fingerprint density at radius 2 is 1.93 bits per heavy atom. The number of carbonyl (C=O) groups excluding carboxylic acids is 2. The molecule has 0 radical (unpaired) electrons. The number of rotatable bonds is 8. The van der Waals surface area contributed by atoms with Crippen molar-refractivity contribution >= 4 is 60.2 Å². The molecule has 1 unspecified atom stereocenters. The highest BCUT2D eigenvalue weighted by atomic mass is 79.9. The largest absolute Gasteiger partial charge is 0.483 e. The van der Waals surface area contributed by atoms with Crippen molar-refractivity contribution in [2.45, 2.75) is 27.2 Å². The minimum absolute atomic E-state index is 0.201. The normalized spacial score (nSPS) is 12.5. The number of esters is 1. The van der Waals surface area contributed by atoms with E-state index in [1.54, 1.807) is 19.9 Å². The van der Waals surface area contributed by atoms with Crippen molar-refractivity contribution in [3.63, 3.8) is 0 Å². The molecule has 1 N–H and O–H groups in total. The summed E-state index contributed by atoms with van der Waals surface area (Å²) in [7, 11) is 0. The average Bonchev–Trinajstić information content (AvgIpc) is 2.66. The molecule has 0 aliphatic heterocycles. The second-order valence-electron chi connectivity index (χ2n) is 6.03. The Balaban J connectivity index is 1.98. The summed E-state index contributed by atoms with van der Waals surface area (Å²) in [5.74, 6) is -0.678.